The van der Waals surface area contributed by atoms with E-state index in [1.807, 2.05) is 4.90 Å². The first kappa shape index (κ1) is 9.34. The molecule has 2 fully saturated rings. The third-order valence-electron chi connectivity index (χ3n) is 2.88. The smallest absolute Gasteiger partial charge is 0.255 e. The second-order valence-electron chi connectivity index (χ2n) is 4.04. The number of hydrogen-bond donors (Lipinski definition) is 1. The summed E-state index contributed by atoms with van der Waals surface area (Å²) in [6.45, 7) is 2.97. The van der Waals surface area contributed by atoms with Crippen LogP contribution in [0.5, 0.6) is 0 Å². The molecule has 2 rings (SSSR count). The molecule has 1 aliphatic heterocycles. The molecule has 4 heteroatoms. The largest absolute Gasteiger partial charge is 0.314 e. The zero-order valence-corrected chi connectivity index (χ0v) is 7.68. The Morgan fingerprint density at radius 1 is 1.38 bits per heavy atom. The molecular weight excluding hydrogens is 174 g/mol. The van der Waals surface area contributed by atoms with Crippen LogP contribution in [0, 0.1) is 5.92 Å². The Balaban J connectivity index is 1.87. The average molecular weight is 190 g/mol. The van der Waals surface area contributed by atoms with E-state index in [-0.39, 0.29) is 0 Å². The Morgan fingerprint density at radius 2 is 2.15 bits per heavy atom. The van der Waals surface area contributed by atoms with Crippen LogP contribution >= 0.6 is 0 Å². The van der Waals surface area contributed by atoms with Crippen LogP contribution in [0.3, 0.4) is 0 Å². The van der Waals surface area contributed by atoms with Crippen molar-refractivity contribution in [1.82, 2.24) is 10.2 Å². The van der Waals surface area contributed by atoms with Gasteiger partial charge in [-0.05, 0) is 18.8 Å². The van der Waals surface area contributed by atoms with Crippen LogP contribution in [0.4, 0.5) is 8.78 Å². The molecule has 2 nitrogen and oxygen atoms in total. The zero-order chi connectivity index (χ0) is 9.26. The highest BCUT2D eigenvalue weighted by molar-refractivity contribution is 4.86. The normalized spacial score (nSPS) is 31.2. The molecule has 0 radical (unpaired) electrons. The first-order valence-corrected chi connectivity index (χ1v) is 5.00. The van der Waals surface area contributed by atoms with Crippen molar-refractivity contribution in [3.05, 3.63) is 0 Å². The number of nitrogens with one attached hydrogen (secondary N) is 1. The van der Waals surface area contributed by atoms with Crippen LogP contribution in [-0.4, -0.2) is 43.5 Å². The first-order chi connectivity index (χ1) is 6.27. The fourth-order valence-electron chi connectivity index (χ4n) is 1.87. The Kier molecular flexibility index (Phi) is 2.79. The van der Waals surface area contributed by atoms with Gasteiger partial charge in [0, 0.05) is 26.2 Å². The van der Waals surface area contributed by atoms with E-state index in [9.17, 15) is 8.78 Å². The number of alkyl halides is 2. The molecular formula is C9H16F2N2. The maximum Gasteiger partial charge on any atom is 0.255 e. The molecule has 0 aromatic heterocycles. The Morgan fingerprint density at radius 3 is 2.77 bits per heavy atom. The molecule has 1 saturated heterocycles. The molecule has 0 bridgehead atoms. The highest BCUT2D eigenvalue weighted by Crippen LogP contribution is 2.31. The van der Waals surface area contributed by atoms with Gasteiger partial charge in [0.1, 0.15) is 0 Å². The van der Waals surface area contributed by atoms with E-state index in [1.165, 1.54) is 12.8 Å². The summed E-state index contributed by atoms with van der Waals surface area (Å²) >= 11 is 0. The van der Waals surface area contributed by atoms with Gasteiger partial charge in [-0.2, -0.15) is 0 Å². The van der Waals surface area contributed by atoms with Gasteiger partial charge in [-0.3, -0.25) is 4.90 Å². The van der Waals surface area contributed by atoms with Crippen molar-refractivity contribution in [1.29, 1.82) is 0 Å². The highest BCUT2D eigenvalue weighted by Gasteiger charge is 2.33. The molecule has 1 unspecified atom stereocenters. The summed E-state index contributed by atoms with van der Waals surface area (Å²) in [4.78, 5) is 1.96. The van der Waals surface area contributed by atoms with Crippen molar-refractivity contribution in [2.45, 2.75) is 25.3 Å². The van der Waals surface area contributed by atoms with E-state index in [0.29, 0.717) is 12.5 Å². The van der Waals surface area contributed by atoms with Crippen molar-refractivity contribution in [3.8, 4) is 0 Å². The summed E-state index contributed by atoms with van der Waals surface area (Å²) in [6, 6.07) is -0.547. The van der Waals surface area contributed by atoms with E-state index >= 15 is 0 Å². The molecule has 0 aromatic rings. The molecule has 0 aromatic carbocycles. The lowest BCUT2D eigenvalue weighted by molar-refractivity contribution is 0.0103. The van der Waals surface area contributed by atoms with Crippen molar-refractivity contribution in [2.75, 3.05) is 26.2 Å². The summed E-state index contributed by atoms with van der Waals surface area (Å²) in [5.41, 5.74) is 0. The van der Waals surface area contributed by atoms with E-state index in [0.717, 1.165) is 19.6 Å². The average Bonchev–Trinajstić information content (AvgIpc) is 2.89. The van der Waals surface area contributed by atoms with Crippen molar-refractivity contribution >= 4 is 0 Å². The van der Waals surface area contributed by atoms with Crippen LogP contribution in [0.15, 0.2) is 0 Å². The molecule has 1 aliphatic carbocycles. The second kappa shape index (κ2) is 3.88. The minimum absolute atomic E-state index is 0.449. The number of nitrogens with zero attached hydrogens (tertiary/aromatic N) is 1. The quantitative estimate of drug-likeness (QED) is 0.712. The van der Waals surface area contributed by atoms with E-state index in [4.69, 9.17) is 0 Å². The predicted molar refractivity (Wildman–Crippen MR) is 47.0 cm³/mol. The fraction of sp³-hybridized carbons (Fsp3) is 1.00. The minimum Gasteiger partial charge on any atom is -0.314 e. The molecule has 1 saturated carbocycles. The first-order valence-electron chi connectivity index (χ1n) is 5.00. The third kappa shape index (κ3) is 2.38. The molecule has 1 N–H and O–H groups in total. The molecule has 0 spiro atoms. The predicted octanol–water partition coefficient (Wildman–Crippen LogP) is 0.935. The summed E-state index contributed by atoms with van der Waals surface area (Å²) in [5, 5.41) is 3.02. The molecule has 1 atom stereocenters. The van der Waals surface area contributed by atoms with Gasteiger partial charge in [0.2, 0.25) is 0 Å². The van der Waals surface area contributed by atoms with E-state index in [2.05, 4.69) is 5.32 Å². The van der Waals surface area contributed by atoms with E-state index < -0.39 is 12.5 Å². The van der Waals surface area contributed by atoms with Crippen molar-refractivity contribution in [2.24, 2.45) is 5.92 Å². The second-order valence-corrected chi connectivity index (χ2v) is 4.04. The van der Waals surface area contributed by atoms with Crippen LogP contribution in [-0.2, 0) is 0 Å². The van der Waals surface area contributed by atoms with Gasteiger partial charge in [-0.15, -0.1) is 0 Å². The number of hydrogen-bond acceptors (Lipinski definition) is 2. The zero-order valence-electron chi connectivity index (χ0n) is 7.68. The lowest BCUT2D eigenvalue weighted by atomic mass is 10.2. The summed E-state index contributed by atoms with van der Waals surface area (Å²) in [7, 11) is 0. The molecule has 76 valence electrons. The molecule has 2 aliphatic rings. The van der Waals surface area contributed by atoms with Gasteiger partial charge in [0.25, 0.3) is 6.43 Å². The number of rotatable bonds is 3. The van der Waals surface area contributed by atoms with Crippen LogP contribution in [0.2, 0.25) is 0 Å². The summed E-state index contributed by atoms with van der Waals surface area (Å²) in [5.74, 6) is 0.708. The van der Waals surface area contributed by atoms with Gasteiger partial charge in [-0.25, -0.2) is 8.78 Å². The Bertz CT molecular complexity index is 171. The molecule has 0 amide bonds. The number of piperazine rings is 1. The van der Waals surface area contributed by atoms with Gasteiger partial charge in [0.05, 0.1) is 6.04 Å². The van der Waals surface area contributed by atoms with Crippen LogP contribution in [0.1, 0.15) is 12.8 Å². The Labute approximate surface area is 77.3 Å². The van der Waals surface area contributed by atoms with Crippen LogP contribution < -0.4 is 5.32 Å². The fourth-order valence-corrected chi connectivity index (χ4v) is 1.87. The monoisotopic (exact) mass is 190 g/mol. The topological polar surface area (TPSA) is 15.3 Å². The summed E-state index contributed by atoms with van der Waals surface area (Å²) in [6.07, 6.45) is 0.270. The van der Waals surface area contributed by atoms with Crippen molar-refractivity contribution < 1.29 is 8.78 Å². The SMILES string of the molecule is FC(F)C1CNCCN1CC1CC1. The lowest BCUT2D eigenvalue weighted by Crippen LogP contribution is -2.54. The highest BCUT2D eigenvalue weighted by atomic mass is 19.3. The standard InChI is InChI=1S/C9H16F2N2/c10-9(11)8-5-12-3-4-13(8)6-7-1-2-7/h7-9,12H,1-6H2. The van der Waals surface area contributed by atoms with Crippen LogP contribution in [0.25, 0.3) is 0 Å². The number of halogens is 2. The molecule has 1 heterocycles. The minimum atomic E-state index is -2.20. The van der Waals surface area contributed by atoms with Gasteiger partial charge >= 0.3 is 0 Å². The molecule has 13 heavy (non-hydrogen) atoms. The third-order valence-corrected chi connectivity index (χ3v) is 2.88. The maximum atomic E-state index is 12.6. The van der Waals surface area contributed by atoms with Crippen molar-refractivity contribution in [3.63, 3.8) is 0 Å². The van der Waals surface area contributed by atoms with Gasteiger partial charge in [-0.1, -0.05) is 0 Å². The van der Waals surface area contributed by atoms with Gasteiger partial charge in [0.15, 0.2) is 0 Å². The van der Waals surface area contributed by atoms with Gasteiger partial charge < -0.3 is 5.32 Å². The van der Waals surface area contributed by atoms with E-state index in [1.54, 1.807) is 0 Å². The Hall–Kier alpha value is -0.220. The summed E-state index contributed by atoms with van der Waals surface area (Å²) < 4.78 is 25.1. The lowest BCUT2D eigenvalue weighted by Gasteiger charge is -2.35. The maximum absolute atomic E-state index is 12.6.